The Hall–Kier alpha value is -1.82. The second kappa shape index (κ2) is 7.82. The highest BCUT2D eigenvalue weighted by molar-refractivity contribution is 8.27. The normalized spacial score (nSPS) is 15.8. The number of para-hydroxylation sites is 1. The molecule has 0 spiro atoms. The molecule has 1 amide bonds. The van der Waals surface area contributed by atoms with Crippen LogP contribution in [0.3, 0.4) is 0 Å². The first-order valence-corrected chi connectivity index (χ1v) is 9.79. The van der Waals surface area contributed by atoms with Crippen LogP contribution in [0.1, 0.15) is 23.6 Å². The minimum Gasteiger partial charge on any atom is -0.493 e. The van der Waals surface area contributed by atoms with Crippen molar-refractivity contribution in [2.45, 2.75) is 20.8 Å². The van der Waals surface area contributed by atoms with Gasteiger partial charge in [0.1, 0.15) is 5.75 Å². The number of halogens is 1. The molecule has 0 atom stereocenters. The summed E-state index contributed by atoms with van der Waals surface area (Å²) in [7, 11) is 0. The number of ether oxygens (including phenoxy) is 1. The minimum absolute atomic E-state index is 0.125. The fraction of sp³-hybridized carbons (Fsp3) is 0.200. The molecular formula is C20H18ClNO2S2. The lowest BCUT2D eigenvalue weighted by Crippen LogP contribution is -2.29. The Kier molecular flexibility index (Phi) is 5.70. The third-order valence-electron chi connectivity index (χ3n) is 4.02. The quantitative estimate of drug-likeness (QED) is 0.479. The average Bonchev–Trinajstić information content (AvgIpc) is 2.85. The van der Waals surface area contributed by atoms with Crippen LogP contribution < -0.4 is 9.64 Å². The molecule has 1 fully saturated rings. The SMILES string of the molecule is CCOc1ccc(Cl)cc1C=C1SC(=S)N(c2c(C)cccc2C)C1=O. The number of thiocarbonyl (C=S) groups is 1. The van der Waals surface area contributed by atoms with Gasteiger partial charge in [0.05, 0.1) is 17.2 Å². The molecule has 3 rings (SSSR count). The number of anilines is 1. The van der Waals surface area contributed by atoms with E-state index >= 15 is 0 Å². The zero-order valence-electron chi connectivity index (χ0n) is 14.7. The van der Waals surface area contributed by atoms with Crippen molar-refractivity contribution < 1.29 is 9.53 Å². The standard InChI is InChI=1S/C20H18ClNO2S2/c1-4-24-16-9-8-15(21)10-14(16)11-17-19(23)22(20(25)26-17)18-12(2)6-5-7-13(18)3/h5-11H,4H2,1-3H3. The Morgan fingerprint density at radius 2 is 1.92 bits per heavy atom. The number of rotatable bonds is 4. The lowest BCUT2D eigenvalue weighted by Gasteiger charge is -2.19. The summed E-state index contributed by atoms with van der Waals surface area (Å²) in [5.41, 5.74) is 3.65. The van der Waals surface area contributed by atoms with Crippen molar-refractivity contribution in [3.8, 4) is 5.75 Å². The zero-order chi connectivity index (χ0) is 18.8. The van der Waals surface area contributed by atoms with Crippen molar-refractivity contribution >= 4 is 57.6 Å². The van der Waals surface area contributed by atoms with Gasteiger partial charge in [-0.05, 0) is 56.2 Å². The maximum Gasteiger partial charge on any atom is 0.270 e. The molecule has 0 aromatic heterocycles. The maximum atomic E-state index is 13.1. The highest BCUT2D eigenvalue weighted by Gasteiger charge is 2.35. The van der Waals surface area contributed by atoms with Crippen molar-refractivity contribution in [3.63, 3.8) is 0 Å². The van der Waals surface area contributed by atoms with Crippen LogP contribution in [0.4, 0.5) is 5.69 Å². The first-order chi connectivity index (χ1) is 12.4. The fourth-order valence-electron chi connectivity index (χ4n) is 2.88. The van der Waals surface area contributed by atoms with Crippen molar-refractivity contribution in [2.75, 3.05) is 11.5 Å². The second-order valence-corrected chi connectivity index (χ2v) is 7.98. The van der Waals surface area contributed by atoms with E-state index < -0.39 is 0 Å². The van der Waals surface area contributed by atoms with Crippen LogP contribution >= 0.6 is 35.6 Å². The summed E-state index contributed by atoms with van der Waals surface area (Å²) in [4.78, 5) is 15.2. The number of benzene rings is 2. The highest BCUT2D eigenvalue weighted by atomic mass is 35.5. The van der Waals surface area contributed by atoms with Crippen LogP contribution in [0, 0.1) is 13.8 Å². The minimum atomic E-state index is -0.125. The van der Waals surface area contributed by atoms with Gasteiger partial charge in [-0.2, -0.15) is 0 Å². The molecule has 6 heteroatoms. The van der Waals surface area contributed by atoms with Gasteiger partial charge in [0, 0.05) is 10.6 Å². The van der Waals surface area contributed by atoms with Crippen molar-refractivity contribution in [3.05, 3.63) is 63.0 Å². The first-order valence-electron chi connectivity index (χ1n) is 8.19. The van der Waals surface area contributed by atoms with E-state index in [4.69, 9.17) is 28.6 Å². The molecule has 1 saturated heterocycles. The van der Waals surface area contributed by atoms with Gasteiger partial charge in [-0.15, -0.1) is 0 Å². The predicted molar refractivity (Wildman–Crippen MR) is 114 cm³/mol. The maximum absolute atomic E-state index is 13.1. The summed E-state index contributed by atoms with van der Waals surface area (Å²) in [5.74, 6) is 0.564. The van der Waals surface area contributed by atoms with E-state index in [-0.39, 0.29) is 5.91 Å². The van der Waals surface area contributed by atoms with E-state index in [1.165, 1.54) is 11.8 Å². The van der Waals surface area contributed by atoms with Crippen LogP contribution in [0.25, 0.3) is 6.08 Å². The molecule has 2 aromatic rings. The number of thioether (sulfide) groups is 1. The summed E-state index contributed by atoms with van der Waals surface area (Å²) in [6.45, 7) is 6.41. The summed E-state index contributed by atoms with van der Waals surface area (Å²) >= 11 is 12.9. The molecular weight excluding hydrogens is 386 g/mol. The highest BCUT2D eigenvalue weighted by Crippen LogP contribution is 2.39. The number of hydrogen-bond donors (Lipinski definition) is 0. The monoisotopic (exact) mass is 403 g/mol. The Morgan fingerprint density at radius 3 is 2.58 bits per heavy atom. The van der Waals surface area contributed by atoms with Crippen molar-refractivity contribution in [1.29, 1.82) is 0 Å². The molecule has 26 heavy (non-hydrogen) atoms. The number of carbonyl (C=O) groups excluding carboxylic acids is 1. The smallest absolute Gasteiger partial charge is 0.270 e. The van der Waals surface area contributed by atoms with Gasteiger partial charge in [0.15, 0.2) is 4.32 Å². The number of carbonyl (C=O) groups is 1. The second-order valence-electron chi connectivity index (χ2n) is 5.87. The van der Waals surface area contributed by atoms with E-state index in [2.05, 4.69) is 0 Å². The summed E-state index contributed by atoms with van der Waals surface area (Å²) in [6.07, 6.45) is 1.80. The van der Waals surface area contributed by atoms with Crippen LogP contribution in [-0.2, 0) is 4.79 Å². The van der Waals surface area contributed by atoms with Crippen LogP contribution in [0.15, 0.2) is 41.3 Å². The molecule has 1 heterocycles. The molecule has 134 valence electrons. The molecule has 1 aliphatic rings. The topological polar surface area (TPSA) is 29.5 Å². The Labute approximate surface area is 168 Å². The third-order valence-corrected chi connectivity index (χ3v) is 5.55. The van der Waals surface area contributed by atoms with Gasteiger partial charge in [-0.3, -0.25) is 9.69 Å². The summed E-state index contributed by atoms with van der Waals surface area (Å²) in [5, 5.41) is 0.588. The summed E-state index contributed by atoms with van der Waals surface area (Å²) < 4.78 is 6.17. The van der Waals surface area contributed by atoms with E-state index in [9.17, 15) is 4.79 Å². The number of aryl methyl sites for hydroxylation is 2. The van der Waals surface area contributed by atoms with E-state index in [0.29, 0.717) is 26.6 Å². The van der Waals surface area contributed by atoms with Gasteiger partial charge in [-0.1, -0.05) is 53.8 Å². The molecule has 0 saturated carbocycles. The molecule has 0 aliphatic carbocycles. The molecule has 1 aliphatic heterocycles. The van der Waals surface area contributed by atoms with Crippen molar-refractivity contribution in [1.82, 2.24) is 0 Å². The van der Waals surface area contributed by atoms with Crippen LogP contribution in [0.5, 0.6) is 5.75 Å². The summed E-state index contributed by atoms with van der Waals surface area (Å²) in [6, 6.07) is 11.3. The first kappa shape index (κ1) is 19.0. The lowest BCUT2D eigenvalue weighted by molar-refractivity contribution is -0.113. The Balaban J connectivity index is 2.02. The molecule has 2 aromatic carbocycles. The van der Waals surface area contributed by atoms with Gasteiger partial charge < -0.3 is 4.74 Å². The number of amides is 1. The Morgan fingerprint density at radius 1 is 1.23 bits per heavy atom. The van der Waals surface area contributed by atoms with Crippen LogP contribution in [-0.4, -0.2) is 16.8 Å². The largest absolute Gasteiger partial charge is 0.493 e. The van der Waals surface area contributed by atoms with Gasteiger partial charge in [0.25, 0.3) is 5.91 Å². The van der Waals surface area contributed by atoms with Crippen LogP contribution in [0.2, 0.25) is 5.02 Å². The molecule has 0 bridgehead atoms. The molecule has 3 nitrogen and oxygen atoms in total. The zero-order valence-corrected chi connectivity index (χ0v) is 17.1. The van der Waals surface area contributed by atoms with E-state index in [0.717, 1.165) is 22.4 Å². The number of nitrogens with zero attached hydrogens (tertiary/aromatic N) is 1. The van der Waals surface area contributed by atoms with E-state index in [1.54, 1.807) is 23.1 Å². The van der Waals surface area contributed by atoms with Gasteiger partial charge >= 0.3 is 0 Å². The number of hydrogen-bond acceptors (Lipinski definition) is 4. The average molecular weight is 404 g/mol. The fourth-order valence-corrected chi connectivity index (χ4v) is 4.32. The lowest BCUT2D eigenvalue weighted by atomic mass is 10.1. The molecule has 0 radical (unpaired) electrons. The predicted octanol–water partition coefficient (Wildman–Crippen LogP) is 5.76. The Bertz CT molecular complexity index is 904. The van der Waals surface area contributed by atoms with E-state index in [1.807, 2.05) is 45.0 Å². The molecule has 0 N–H and O–H groups in total. The van der Waals surface area contributed by atoms with Gasteiger partial charge in [-0.25, -0.2) is 0 Å². The molecule has 0 unspecified atom stereocenters. The third kappa shape index (κ3) is 3.65. The van der Waals surface area contributed by atoms with Gasteiger partial charge in [0.2, 0.25) is 0 Å². The van der Waals surface area contributed by atoms with Crippen molar-refractivity contribution in [2.24, 2.45) is 0 Å².